The third-order valence-electron chi connectivity index (χ3n) is 11.2. The summed E-state index contributed by atoms with van der Waals surface area (Å²) in [5.74, 6) is -12.2. The first-order valence-corrected chi connectivity index (χ1v) is 25.9. The molecule has 0 aliphatic heterocycles. The Morgan fingerprint density at radius 1 is 0.506 bits per heavy atom. The molecule has 438 valence electrons. The van der Waals surface area contributed by atoms with Crippen LogP contribution >= 0.6 is 12.6 Å². The molecule has 77 heavy (non-hydrogen) atoms. The third-order valence-corrected chi connectivity index (χ3v) is 11.6. The number of carbonyl (C=O) groups excluding carboxylic acids is 10. The van der Waals surface area contributed by atoms with Gasteiger partial charge in [-0.2, -0.15) is 12.6 Å². The van der Waals surface area contributed by atoms with Gasteiger partial charge >= 0.3 is 11.9 Å². The normalized spacial score (nSPS) is 14.5. The molecule has 0 saturated carbocycles. The average Bonchev–Trinajstić information content (AvgIpc) is 3.35. The van der Waals surface area contributed by atoms with Gasteiger partial charge in [0.1, 0.15) is 48.3 Å². The van der Waals surface area contributed by atoms with E-state index >= 15 is 0 Å². The minimum atomic E-state index is -1.81. The molecule has 0 radical (unpaired) electrons. The van der Waals surface area contributed by atoms with Crippen LogP contribution in [0.15, 0.2) is 4.99 Å². The molecule has 22 N–H and O–H groups in total. The van der Waals surface area contributed by atoms with Crippen molar-refractivity contribution < 1.29 is 67.7 Å². The number of amides is 10. The molecule has 0 aliphatic carbocycles. The lowest BCUT2D eigenvalue weighted by Crippen LogP contribution is -2.61. The predicted molar refractivity (Wildman–Crippen MR) is 285 cm³/mol. The Hall–Kier alpha value is -6.86. The summed E-state index contributed by atoms with van der Waals surface area (Å²) < 4.78 is 0. The lowest BCUT2D eigenvalue weighted by molar-refractivity contribution is -0.147. The number of carboxylic acid groups (broad SMARTS) is 2. The van der Waals surface area contributed by atoms with Crippen LogP contribution in [0.1, 0.15) is 106 Å². The van der Waals surface area contributed by atoms with Gasteiger partial charge in [0, 0.05) is 12.3 Å². The number of aliphatic imine (C=N–C) groups is 1. The van der Waals surface area contributed by atoms with Crippen molar-refractivity contribution in [1.82, 2.24) is 53.2 Å². The van der Waals surface area contributed by atoms with E-state index < -0.39 is 151 Å². The minimum Gasteiger partial charge on any atom is -0.481 e. The summed E-state index contributed by atoms with van der Waals surface area (Å²) in [4.78, 5) is 159. The molecule has 0 heterocycles. The number of carboxylic acids is 2. The SMILES string of the molecule is CC(C)C[C@H](NC(=O)[C@H](CCCCN)NC(=O)[C@@H](NC(=O)[C@H](CCCN=C(N)N)NC(=O)[C@H](CCCCN)NC(=O)[C@H](C)NC(=O)[C@H](C)NC(=O)CNC(=O)CNC(=O)[C@@H](N)CS)C(C)C)C(=O)N[C@@H](CC(=O)O)C(=O)O. The number of unbranched alkanes of at least 4 members (excludes halogenated alkanes) is 2. The maximum atomic E-state index is 14.2. The maximum Gasteiger partial charge on any atom is 0.326 e. The highest BCUT2D eigenvalue weighted by atomic mass is 32.1. The number of nitrogens with two attached hydrogens (primary N) is 5. The first-order valence-electron chi connectivity index (χ1n) is 25.3. The topological polar surface area (TPSA) is 508 Å². The van der Waals surface area contributed by atoms with E-state index in [-0.39, 0.29) is 69.4 Å². The molecule has 0 fully saturated rings. The highest BCUT2D eigenvalue weighted by Crippen LogP contribution is 2.12. The van der Waals surface area contributed by atoms with Crippen LogP contribution in [0.4, 0.5) is 0 Å². The summed E-state index contributed by atoms with van der Waals surface area (Å²) in [6.45, 7) is 8.76. The fourth-order valence-corrected chi connectivity index (χ4v) is 7.09. The zero-order valence-electron chi connectivity index (χ0n) is 44.7. The van der Waals surface area contributed by atoms with Crippen molar-refractivity contribution >= 4 is 89.6 Å². The molecular formula is C46H84N16O14S. The van der Waals surface area contributed by atoms with Gasteiger partial charge in [0.15, 0.2) is 5.96 Å². The Morgan fingerprint density at radius 3 is 1.43 bits per heavy atom. The van der Waals surface area contributed by atoms with Crippen molar-refractivity contribution in [3.05, 3.63) is 0 Å². The van der Waals surface area contributed by atoms with Gasteiger partial charge in [-0.05, 0) is 96.6 Å². The zero-order valence-corrected chi connectivity index (χ0v) is 45.6. The van der Waals surface area contributed by atoms with E-state index in [4.69, 9.17) is 33.8 Å². The standard InChI is InChI=1S/C46H84N16O14S/c1-23(2)18-31(43(73)61-32(45(75)76)19-35(65)66)60-41(71)29(13-8-10-16-48)59-44(74)36(24(3)4)62-42(72)30(14-11-17-52-46(50)51)58-40(70)28(12-7-9-15-47)57-38(68)26(6)56-37(67)25(5)55-34(64)21-53-33(63)20-54-39(69)27(49)22-77/h23-32,36,77H,7-22,47-49H2,1-6H3,(H,53,63)(H,54,69)(H,55,64)(H,56,67)(H,57,68)(H,58,70)(H,59,74)(H,60,71)(H,61,73)(H,62,72)(H,65,66)(H,75,76)(H4,50,51,52)/t25-,26-,27-,28-,29-,30-,31-,32-,36-/m0/s1. The quantitative estimate of drug-likeness (QED) is 0.0118. The van der Waals surface area contributed by atoms with Crippen molar-refractivity contribution in [3.63, 3.8) is 0 Å². The highest BCUT2D eigenvalue weighted by Gasteiger charge is 2.35. The molecule has 30 nitrogen and oxygen atoms in total. The van der Waals surface area contributed by atoms with Gasteiger partial charge in [0.25, 0.3) is 0 Å². The van der Waals surface area contributed by atoms with E-state index in [1.807, 2.05) is 0 Å². The number of hydrogen-bond donors (Lipinski definition) is 18. The monoisotopic (exact) mass is 1120 g/mol. The fourth-order valence-electron chi connectivity index (χ4n) is 6.92. The predicted octanol–water partition coefficient (Wildman–Crippen LogP) is -6.03. The molecule has 0 unspecified atom stereocenters. The van der Waals surface area contributed by atoms with E-state index in [2.05, 4.69) is 70.8 Å². The van der Waals surface area contributed by atoms with Crippen LogP contribution in [0, 0.1) is 11.8 Å². The Labute approximate surface area is 453 Å². The molecule has 10 amide bonds. The lowest BCUT2D eigenvalue weighted by Gasteiger charge is -2.29. The van der Waals surface area contributed by atoms with Crippen LogP contribution in [-0.2, 0) is 57.5 Å². The zero-order chi connectivity index (χ0) is 58.9. The summed E-state index contributed by atoms with van der Waals surface area (Å²) in [5, 5.41) is 43.2. The van der Waals surface area contributed by atoms with Crippen LogP contribution in [0.2, 0.25) is 0 Å². The van der Waals surface area contributed by atoms with Crippen LogP contribution in [0.5, 0.6) is 0 Å². The maximum absolute atomic E-state index is 14.2. The number of rotatable bonds is 39. The number of hydrogen-bond acceptors (Lipinski definition) is 17. The van der Waals surface area contributed by atoms with Crippen molar-refractivity contribution in [2.24, 2.45) is 45.5 Å². The molecule has 31 heteroatoms. The molecule has 9 atom stereocenters. The molecule has 0 aromatic carbocycles. The average molecular weight is 1120 g/mol. The molecule has 0 aromatic rings. The first kappa shape index (κ1) is 70.1. The second-order valence-corrected chi connectivity index (χ2v) is 19.3. The first-order chi connectivity index (χ1) is 36.1. The smallest absolute Gasteiger partial charge is 0.326 e. The highest BCUT2D eigenvalue weighted by molar-refractivity contribution is 7.80. The fraction of sp³-hybridized carbons (Fsp3) is 0.717. The van der Waals surface area contributed by atoms with E-state index in [0.717, 1.165) is 0 Å². The summed E-state index contributed by atoms with van der Waals surface area (Å²) in [5.41, 5.74) is 27.9. The molecule has 0 aliphatic rings. The molecule has 0 rings (SSSR count). The van der Waals surface area contributed by atoms with Crippen molar-refractivity contribution in [2.75, 3.05) is 38.5 Å². The number of thiol groups is 1. The van der Waals surface area contributed by atoms with E-state index in [9.17, 15) is 62.6 Å². The van der Waals surface area contributed by atoms with E-state index in [0.29, 0.717) is 25.7 Å². The van der Waals surface area contributed by atoms with Gasteiger partial charge in [0.05, 0.1) is 25.6 Å². The van der Waals surface area contributed by atoms with Crippen molar-refractivity contribution in [1.29, 1.82) is 0 Å². The van der Waals surface area contributed by atoms with Crippen molar-refractivity contribution in [3.8, 4) is 0 Å². The van der Waals surface area contributed by atoms with Crippen molar-refractivity contribution in [2.45, 2.75) is 160 Å². The molecule has 0 saturated heterocycles. The molecule has 0 spiro atoms. The summed E-state index contributed by atoms with van der Waals surface area (Å²) >= 11 is 3.90. The number of guanidine groups is 1. The second kappa shape index (κ2) is 37.8. The molecular weight excluding hydrogens is 1030 g/mol. The largest absolute Gasteiger partial charge is 0.481 e. The van der Waals surface area contributed by atoms with Gasteiger partial charge in [0.2, 0.25) is 59.1 Å². The Balaban J connectivity index is 6.39. The lowest BCUT2D eigenvalue weighted by atomic mass is 9.99. The summed E-state index contributed by atoms with van der Waals surface area (Å²) in [6.07, 6.45) is 0.658. The summed E-state index contributed by atoms with van der Waals surface area (Å²) in [6, 6.07) is -11.9. The number of aliphatic carboxylic acids is 2. The minimum absolute atomic E-state index is 0.0000852. The van der Waals surface area contributed by atoms with Crippen LogP contribution in [0.25, 0.3) is 0 Å². The van der Waals surface area contributed by atoms with Gasteiger partial charge in [-0.15, -0.1) is 0 Å². The van der Waals surface area contributed by atoms with E-state index in [1.165, 1.54) is 13.8 Å². The number of nitrogens with one attached hydrogen (secondary N) is 10. The Morgan fingerprint density at radius 2 is 0.948 bits per heavy atom. The third kappa shape index (κ3) is 29.9. The van der Waals surface area contributed by atoms with Gasteiger partial charge in [-0.1, -0.05) is 27.7 Å². The van der Waals surface area contributed by atoms with Gasteiger partial charge < -0.3 is 92.0 Å². The Kier molecular flexibility index (Phi) is 34.4. The number of nitrogens with zero attached hydrogens (tertiary/aromatic N) is 1. The van der Waals surface area contributed by atoms with Gasteiger partial charge in [-0.3, -0.25) is 57.7 Å². The summed E-state index contributed by atoms with van der Waals surface area (Å²) in [7, 11) is 0. The second-order valence-electron chi connectivity index (χ2n) is 18.9. The van der Waals surface area contributed by atoms with Crippen LogP contribution in [-0.4, -0.2) is 180 Å². The molecule has 0 bridgehead atoms. The van der Waals surface area contributed by atoms with Crippen LogP contribution < -0.4 is 81.8 Å². The number of carbonyl (C=O) groups is 12. The van der Waals surface area contributed by atoms with Gasteiger partial charge in [-0.25, -0.2) is 4.79 Å². The Bertz CT molecular complexity index is 2030. The van der Waals surface area contributed by atoms with Crippen LogP contribution in [0.3, 0.4) is 0 Å². The van der Waals surface area contributed by atoms with E-state index in [1.54, 1.807) is 27.7 Å². The molecule has 0 aromatic heterocycles.